The van der Waals surface area contributed by atoms with Crippen molar-refractivity contribution in [1.82, 2.24) is 4.90 Å². The zero-order chi connectivity index (χ0) is 26.1. The molecule has 0 atom stereocenters. The number of carbonyl (C=O) groups is 1. The lowest BCUT2D eigenvalue weighted by molar-refractivity contribution is 0.212. The Kier molecular flexibility index (Phi) is 7.09. The predicted octanol–water partition coefficient (Wildman–Crippen LogP) is 6.42. The quantitative estimate of drug-likeness (QED) is 0.402. The first-order valence-corrected chi connectivity index (χ1v) is 13.5. The van der Waals surface area contributed by atoms with Gasteiger partial charge in [0.05, 0.1) is 10.6 Å². The molecule has 190 valence electrons. The van der Waals surface area contributed by atoms with Gasteiger partial charge in [0.15, 0.2) is 0 Å². The molecular weight excluding hydrogens is 477 g/mol. The van der Waals surface area contributed by atoms with Crippen LogP contribution in [0.3, 0.4) is 0 Å². The Morgan fingerprint density at radius 3 is 2.33 bits per heavy atom. The van der Waals surface area contributed by atoms with Crippen molar-refractivity contribution in [3.05, 3.63) is 88.7 Å². The van der Waals surface area contributed by atoms with E-state index in [1.807, 2.05) is 31.2 Å². The fourth-order valence-corrected chi connectivity index (χ4v) is 5.43. The van der Waals surface area contributed by atoms with E-state index in [0.717, 1.165) is 17.5 Å². The number of aryl methyl sites for hydroxylation is 1. The van der Waals surface area contributed by atoms with Crippen LogP contribution >= 0.6 is 0 Å². The summed E-state index contributed by atoms with van der Waals surface area (Å²) in [6.45, 7) is 9.06. The first-order valence-electron chi connectivity index (χ1n) is 12.1. The molecule has 1 aliphatic rings. The number of carbonyl (C=O) groups excluding carboxylic acids is 1. The van der Waals surface area contributed by atoms with Crippen molar-refractivity contribution < 1.29 is 17.6 Å². The van der Waals surface area contributed by atoms with Crippen molar-refractivity contribution in [3.63, 3.8) is 0 Å². The largest absolute Gasteiger partial charge is 0.322 e. The summed E-state index contributed by atoms with van der Waals surface area (Å²) in [5.74, 6) is -0.401. The predicted molar refractivity (Wildman–Crippen MR) is 141 cm³/mol. The van der Waals surface area contributed by atoms with Gasteiger partial charge in [-0.1, -0.05) is 52.3 Å². The minimum absolute atomic E-state index is 0.0281. The lowest BCUT2D eigenvalue weighted by Gasteiger charge is -2.20. The number of anilines is 2. The van der Waals surface area contributed by atoms with Crippen molar-refractivity contribution in [1.29, 1.82) is 0 Å². The van der Waals surface area contributed by atoms with Crippen LogP contribution in [0.4, 0.5) is 20.6 Å². The molecule has 4 rings (SSSR count). The standard InChI is InChI=1S/C28H32FN3O3S/c1-5-6-19-15-23(29)10-14-26(19)31-36(34,35)25-13-7-20-17-32(18-21(20)16-25)27(33)30-24-11-8-22(9-12-24)28(2,3)4/h7-16,31H,5-6,17-18H2,1-4H3,(H,30,33). The first-order chi connectivity index (χ1) is 17.0. The van der Waals surface area contributed by atoms with Gasteiger partial charge in [-0.05, 0) is 76.6 Å². The second kappa shape index (κ2) is 9.93. The number of rotatable bonds is 6. The molecule has 0 aromatic heterocycles. The van der Waals surface area contributed by atoms with Gasteiger partial charge in [-0.15, -0.1) is 0 Å². The highest BCUT2D eigenvalue weighted by atomic mass is 32.2. The summed E-state index contributed by atoms with van der Waals surface area (Å²) >= 11 is 0. The van der Waals surface area contributed by atoms with Gasteiger partial charge >= 0.3 is 6.03 Å². The molecule has 0 radical (unpaired) electrons. The second-order valence-electron chi connectivity index (χ2n) is 10.2. The van der Waals surface area contributed by atoms with E-state index in [-0.39, 0.29) is 16.3 Å². The van der Waals surface area contributed by atoms with Gasteiger partial charge in [0, 0.05) is 18.8 Å². The monoisotopic (exact) mass is 509 g/mol. The number of hydrogen-bond acceptors (Lipinski definition) is 3. The Morgan fingerprint density at radius 2 is 1.67 bits per heavy atom. The highest BCUT2D eigenvalue weighted by Crippen LogP contribution is 2.29. The van der Waals surface area contributed by atoms with Gasteiger partial charge < -0.3 is 10.2 Å². The lowest BCUT2D eigenvalue weighted by Crippen LogP contribution is -2.30. The van der Waals surface area contributed by atoms with E-state index in [1.165, 1.54) is 29.8 Å². The van der Waals surface area contributed by atoms with Crippen LogP contribution in [0, 0.1) is 5.82 Å². The van der Waals surface area contributed by atoms with Gasteiger partial charge in [-0.3, -0.25) is 4.72 Å². The third-order valence-corrected chi connectivity index (χ3v) is 7.69. The molecule has 2 amide bonds. The molecule has 36 heavy (non-hydrogen) atoms. The summed E-state index contributed by atoms with van der Waals surface area (Å²) in [6, 6.07) is 16.5. The van der Waals surface area contributed by atoms with Gasteiger partial charge in [0.2, 0.25) is 0 Å². The lowest BCUT2D eigenvalue weighted by atomic mass is 9.87. The third kappa shape index (κ3) is 5.70. The van der Waals surface area contributed by atoms with Gasteiger partial charge in [-0.2, -0.15) is 0 Å². The van der Waals surface area contributed by atoms with Gasteiger partial charge in [-0.25, -0.2) is 17.6 Å². The number of nitrogens with one attached hydrogen (secondary N) is 2. The van der Waals surface area contributed by atoms with Crippen LogP contribution in [0.2, 0.25) is 0 Å². The van der Waals surface area contributed by atoms with Crippen molar-refractivity contribution in [2.45, 2.75) is 63.9 Å². The molecule has 0 saturated carbocycles. The molecule has 0 unspecified atom stereocenters. The van der Waals surface area contributed by atoms with Crippen LogP contribution in [-0.2, 0) is 34.9 Å². The smallest absolute Gasteiger partial charge is 0.316 e. The van der Waals surface area contributed by atoms with Crippen molar-refractivity contribution >= 4 is 27.4 Å². The van der Waals surface area contributed by atoms with Crippen molar-refractivity contribution in [2.24, 2.45) is 0 Å². The molecule has 0 bridgehead atoms. The molecule has 1 aliphatic heterocycles. The number of nitrogens with zero attached hydrogens (tertiary/aromatic N) is 1. The summed E-state index contributed by atoms with van der Waals surface area (Å²) in [6.07, 6.45) is 1.32. The summed E-state index contributed by atoms with van der Waals surface area (Å²) in [5, 5.41) is 2.92. The van der Waals surface area contributed by atoms with Crippen LogP contribution < -0.4 is 10.0 Å². The maximum atomic E-state index is 13.7. The van der Waals surface area contributed by atoms with Crippen molar-refractivity contribution in [2.75, 3.05) is 10.0 Å². The number of halogens is 1. The van der Waals surface area contributed by atoms with E-state index in [1.54, 1.807) is 17.0 Å². The molecule has 3 aromatic carbocycles. The fourth-order valence-electron chi connectivity index (χ4n) is 4.28. The zero-order valence-corrected chi connectivity index (χ0v) is 21.9. The molecular formula is C28H32FN3O3S. The third-order valence-electron chi connectivity index (χ3n) is 6.33. The van der Waals surface area contributed by atoms with Crippen LogP contribution in [0.5, 0.6) is 0 Å². The Hall–Kier alpha value is -3.39. The molecule has 0 aliphatic carbocycles. The summed E-state index contributed by atoms with van der Waals surface area (Å²) in [5.41, 5.74) is 4.58. The van der Waals surface area contributed by atoms with E-state index in [9.17, 15) is 17.6 Å². The number of hydrogen-bond donors (Lipinski definition) is 2. The molecule has 0 spiro atoms. The van der Waals surface area contributed by atoms with Crippen LogP contribution in [0.25, 0.3) is 0 Å². The Morgan fingerprint density at radius 1 is 0.972 bits per heavy atom. The number of fused-ring (bicyclic) bond motifs is 1. The Bertz CT molecular complexity index is 1380. The number of sulfonamides is 1. The maximum Gasteiger partial charge on any atom is 0.322 e. The second-order valence-corrected chi connectivity index (χ2v) is 11.9. The topological polar surface area (TPSA) is 78.5 Å². The molecule has 3 aromatic rings. The minimum Gasteiger partial charge on any atom is -0.316 e. The Balaban J connectivity index is 1.46. The maximum absolute atomic E-state index is 13.7. The molecule has 0 saturated heterocycles. The van der Waals surface area contributed by atoms with Crippen LogP contribution in [-0.4, -0.2) is 19.3 Å². The normalized spacial score (nSPS) is 13.4. The van der Waals surface area contributed by atoms with E-state index in [4.69, 9.17) is 0 Å². The summed E-state index contributed by atoms with van der Waals surface area (Å²) in [7, 11) is -3.88. The summed E-state index contributed by atoms with van der Waals surface area (Å²) < 4.78 is 42.5. The fraction of sp³-hybridized carbons (Fsp3) is 0.321. The van der Waals surface area contributed by atoms with E-state index < -0.39 is 15.8 Å². The highest BCUT2D eigenvalue weighted by Gasteiger charge is 2.26. The molecule has 2 N–H and O–H groups in total. The molecule has 0 fully saturated rings. The minimum atomic E-state index is -3.88. The van der Waals surface area contributed by atoms with Crippen LogP contribution in [0.15, 0.2) is 65.6 Å². The first kappa shape index (κ1) is 25.7. The van der Waals surface area contributed by atoms with E-state index in [2.05, 4.69) is 30.8 Å². The van der Waals surface area contributed by atoms with Crippen molar-refractivity contribution in [3.8, 4) is 0 Å². The van der Waals surface area contributed by atoms with E-state index in [0.29, 0.717) is 36.4 Å². The number of benzene rings is 3. The van der Waals surface area contributed by atoms with Crippen LogP contribution in [0.1, 0.15) is 56.4 Å². The van der Waals surface area contributed by atoms with Gasteiger partial charge in [0.25, 0.3) is 10.0 Å². The molecule has 1 heterocycles. The zero-order valence-electron chi connectivity index (χ0n) is 21.1. The Labute approximate surface area is 212 Å². The average molecular weight is 510 g/mol. The summed E-state index contributed by atoms with van der Waals surface area (Å²) in [4.78, 5) is 14.6. The van der Waals surface area contributed by atoms with Gasteiger partial charge in [0.1, 0.15) is 5.82 Å². The molecule has 6 nitrogen and oxygen atoms in total. The number of amides is 2. The SMILES string of the molecule is CCCc1cc(F)ccc1NS(=O)(=O)c1ccc2c(c1)CN(C(=O)Nc1ccc(C(C)(C)C)cc1)C2. The highest BCUT2D eigenvalue weighted by molar-refractivity contribution is 7.92. The molecule has 8 heteroatoms. The van der Waals surface area contributed by atoms with E-state index >= 15 is 0 Å². The average Bonchev–Trinajstić information content (AvgIpc) is 3.24. The number of urea groups is 1.